The molecule has 0 aliphatic rings. The fourth-order valence-corrected chi connectivity index (χ4v) is 2.36. The summed E-state index contributed by atoms with van der Waals surface area (Å²) in [6, 6.07) is 13.3. The van der Waals surface area contributed by atoms with Gasteiger partial charge in [-0.3, -0.25) is 10.1 Å². The molecule has 0 bridgehead atoms. The summed E-state index contributed by atoms with van der Waals surface area (Å²) in [5.41, 5.74) is 1.62. The monoisotopic (exact) mass is 383 g/mol. The van der Waals surface area contributed by atoms with E-state index in [2.05, 4.69) is 10.2 Å². The largest absolute Gasteiger partial charge is 0.475 e. The molecule has 0 spiro atoms. The van der Waals surface area contributed by atoms with Crippen molar-refractivity contribution in [3.63, 3.8) is 0 Å². The lowest BCUT2D eigenvalue weighted by molar-refractivity contribution is -0.385. The van der Waals surface area contributed by atoms with E-state index >= 15 is 0 Å². The molecule has 2 aromatic carbocycles. The molecular formula is C19H17N3O6. The van der Waals surface area contributed by atoms with Crippen LogP contribution in [0.5, 0.6) is 5.75 Å². The minimum Gasteiger partial charge on any atom is -0.475 e. The molecule has 1 atom stereocenters. The molecule has 1 heterocycles. The summed E-state index contributed by atoms with van der Waals surface area (Å²) in [6.07, 6.45) is -0.798. The first kappa shape index (κ1) is 19.0. The average Bonchev–Trinajstić information content (AvgIpc) is 3.17. The third-order valence-corrected chi connectivity index (χ3v) is 3.80. The Hall–Kier alpha value is -3.75. The molecule has 3 rings (SSSR count). The first-order valence-electron chi connectivity index (χ1n) is 8.40. The van der Waals surface area contributed by atoms with Crippen LogP contribution < -0.4 is 4.74 Å². The van der Waals surface area contributed by atoms with Gasteiger partial charge in [0.05, 0.1) is 4.92 Å². The molecule has 0 saturated heterocycles. The Morgan fingerprint density at radius 1 is 1.18 bits per heavy atom. The number of carbonyl (C=O) groups excluding carboxylic acids is 1. The quantitative estimate of drug-likeness (QED) is 0.345. The second-order valence-electron chi connectivity index (χ2n) is 5.96. The van der Waals surface area contributed by atoms with E-state index in [0.29, 0.717) is 5.89 Å². The van der Waals surface area contributed by atoms with Gasteiger partial charge in [0, 0.05) is 11.6 Å². The van der Waals surface area contributed by atoms with E-state index in [4.69, 9.17) is 13.9 Å². The Morgan fingerprint density at radius 3 is 2.61 bits per heavy atom. The van der Waals surface area contributed by atoms with Gasteiger partial charge >= 0.3 is 11.7 Å². The molecule has 1 aromatic heterocycles. The Kier molecular flexibility index (Phi) is 5.64. The van der Waals surface area contributed by atoms with Crippen molar-refractivity contribution in [2.75, 3.05) is 6.61 Å². The Morgan fingerprint density at radius 2 is 1.89 bits per heavy atom. The highest BCUT2D eigenvalue weighted by molar-refractivity contribution is 5.71. The van der Waals surface area contributed by atoms with Crippen molar-refractivity contribution in [1.29, 1.82) is 0 Å². The lowest BCUT2D eigenvalue weighted by atomic mass is 10.1. The summed E-state index contributed by atoms with van der Waals surface area (Å²) < 4.78 is 16.0. The van der Waals surface area contributed by atoms with Crippen molar-refractivity contribution in [3.8, 4) is 17.2 Å². The zero-order valence-corrected chi connectivity index (χ0v) is 15.2. The van der Waals surface area contributed by atoms with E-state index in [-0.39, 0.29) is 17.3 Å². The van der Waals surface area contributed by atoms with Crippen molar-refractivity contribution < 1.29 is 23.6 Å². The highest BCUT2D eigenvalue weighted by atomic mass is 16.6. The van der Waals surface area contributed by atoms with Crippen molar-refractivity contribution in [2.45, 2.75) is 20.0 Å². The van der Waals surface area contributed by atoms with Crippen LogP contribution in [0.1, 0.15) is 24.5 Å². The number of ether oxygens (including phenoxy) is 2. The second-order valence-corrected chi connectivity index (χ2v) is 5.96. The molecule has 0 unspecified atom stereocenters. The summed E-state index contributed by atoms with van der Waals surface area (Å²) in [7, 11) is 0. The van der Waals surface area contributed by atoms with E-state index in [1.54, 1.807) is 13.0 Å². The van der Waals surface area contributed by atoms with Crippen LogP contribution in [0.15, 0.2) is 52.9 Å². The number of aryl methyl sites for hydroxylation is 1. The molecule has 0 amide bonds. The van der Waals surface area contributed by atoms with Crippen LogP contribution in [0.4, 0.5) is 5.69 Å². The molecule has 0 aliphatic carbocycles. The van der Waals surface area contributed by atoms with E-state index in [1.807, 2.05) is 31.2 Å². The number of rotatable bonds is 7. The van der Waals surface area contributed by atoms with Crippen LogP contribution in [-0.2, 0) is 9.53 Å². The molecule has 0 saturated carbocycles. The molecule has 0 N–H and O–H groups in total. The van der Waals surface area contributed by atoms with E-state index < -0.39 is 23.6 Å². The summed E-state index contributed by atoms with van der Waals surface area (Å²) >= 11 is 0. The van der Waals surface area contributed by atoms with E-state index in [0.717, 1.165) is 11.1 Å². The average molecular weight is 383 g/mol. The zero-order chi connectivity index (χ0) is 20.1. The van der Waals surface area contributed by atoms with Gasteiger partial charge in [-0.1, -0.05) is 29.8 Å². The highest BCUT2D eigenvalue weighted by Crippen LogP contribution is 2.26. The van der Waals surface area contributed by atoms with Crippen molar-refractivity contribution in [1.82, 2.24) is 10.2 Å². The zero-order valence-electron chi connectivity index (χ0n) is 15.2. The van der Waals surface area contributed by atoms with Gasteiger partial charge in [0.15, 0.2) is 18.5 Å². The predicted octanol–water partition coefficient (Wildman–Crippen LogP) is 3.64. The normalized spacial score (nSPS) is 11.6. The van der Waals surface area contributed by atoms with Crippen LogP contribution in [0.2, 0.25) is 0 Å². The molecule has 3 aromatic rings. The molecule has 9 nitrogen and oxygen atoms in total. The lowest BCUT2D eigenvalue weighted by Crippen LogP contribution is -2.17. The molecular weight excluding hydrogens is 366 g/mol. The van der Waals surface area contributed by atoms with Gasteiger partial charge in [-0.15, -0.1) is 10.2 Å². The first-order chi connectivity index (χ1) is 13.4. The van der Waals surface area contributed by atoms with Crippen LogP contribution in [0.25, 0.3) is 11.5 Å². The Labute approximate surface area is 160 Å². The molecule has 0 fully saturated rings. The van der Waals surface area contributed by atoms with Crippen LogP contribution in [0.3, 0.4) is 0 Å². The van der Waals surface area contributed by atoms with Gasteiger partial charge < -0.3 is 13.9 Å². The fourth-order valence-electron chi connectivity index (χ4n) is 2.36. The number of esters is 1. The minimum atomic E-state index is -0.798. The van der Waals surface area contributed by atoms with Gasteiger partial charge in [0.2, 0.25) is 5.89 Å². The van der Waals surface area contributed by atoms with E-state index in [1.165, 1.54) is 18.2 Å². The molecule has 144 valence electrons. The number of hydrogen-bond donors (Lipinski definition) is 0. The van der Waals surface area contributed by atoms with Crippen molar-refractivity contribution in [3.05, 3.63) is 70.1 Å². The molecule has 28 heavy (non-hydrogen) atoms. The van der Waals surface area contributed by atoms with Crippen molar-refractivity contribution >= 4 is 11.7 Å². The number of para-hydroxylation sites is 2. The van der Waals surface area contributed by atoms with Crippen LogP contribution >= 0.6 is 0 Å². The number of nitrogens with zero attached hydrogens (tertiary/aromatic N) is 3. The number of hydrogen-bond acceptors (Lipinski definition) is 8. The SMILES string of the molecule is Cc1ccc(-c2nnc([C@@H](C)OC(=O)COc3ccccc3[N+](=O)[O-])o2)cc1. The molecule has 0 aliphatic heterocycles. The third kappa shape index (κ3) is 4.50. The number of benzene rings is 2. The lowest BCUT2D eigenvalue weighted by Gasteiger charge is -2.10. The molecule has 9 heteroatoms. The van der Waals surface area contributed by atoms with E-state index in [9.17, 15) is 14.9 Å². The number of nitro groups is 1. The second kappa shape index (κ2) is 8.30. The maximum Gasteiger partial charge on any atom is 0.344 e. The predicted molar refractivity (Wildman–Crippen MR) is 97.6 cm³/mol. The summed E-state index contributed by atoms with van der Waals surface area (Å²) in [6.45, 7) is 3.06. The van der Waals surface area contributed by atoms with Gasteiger partial charge in [0.25, 0.3) is 5.89 Å². The number of nitro benzene ring substituents is 1. The van der Waals surface area contributed by atoms with Crippen LogP contribution in [-0.4, -0.2) is 27.7 Å². The Bertz CT molecular complexity index is 983. The van der Waals surface area contributed by atoms with Gasteiger partial charge in [0.1, 0.15) is 0 Å². The van der Waals surface area contributed by atoms with Gasteiger partial charge in [-0.2, -0.15) is 0 Å². The standard InChI is InChI=1S/C19H17N3O6/c1-12-7-9-14(10-8-12)19-21-20-18(28-19)13(2)27-17(23)11-26-16-6-4-3-5-15(16)22(24)25/h3-10,13H,11H2,1-2H3/t13-/m1/s1. The third-order valence-electron chi connectivity index (χ3n) is 3.80. The first-order valence-corrected chi connectivity index (χ1v) is 8.40. The Balaban J connectivity index is 1.59. The van der Waals surface area contributed by atoms with Gasteiger partial charge in [-0.25, -0.2) is 4.79 Å². The van der Waals surface area contributed by atoms with Crippen LogP contribution in [0, 0.1) is 17.0 Å². The van der Waals surface area contributed by atoms with Crippen molar-refractivity contribution in [2.24, 2.45) is 0 Å². The fraction of sp³-hybridized carbons (Fsp3) is 0.211. The summed E-state index contributed by atoms with van der Waals surface area (Å²) in [5.74, 6) is -0.291. The maximum absolute atomic E-state index is 12.0. The number of carbonyl (C=O) groups is 1. The smallest absolute Gasteiger partial charge is 0.344 e. The maximum atomic E-state index is 12.0. The summed E-state index contributed by atoms with van der Waals surface area (Å²) in [4.78, 5) is 22.3. The molecule has 0 radical (unpaired) electrons. The van der Waals surface area contributed by atoms with Gasteiger partial charge in [-0.05, 0) is 32.0 Å². The topological polar surface area (TPSA) is 118 Å². The minimum absolute atomic E-state index is 0.0171. The number of aromatic nitrogens is 2. The highest BCUT2D eigenvalue weighted by Gasteiger charge is 2.21. The summed E-state index contributed by atoms with van der Waals surface area (Å²) in [5, 5.41) is 18.8.